The largest absolute Gasteiger partial charge is 0.462 e. The number of ether oxygens (including phenoxy) is 1. The number of thioether (sulfide) groups is 1. The molecular formula is C113H103ClN30O2S. The number of carbonyl (C=O) groups is 1. The van der Waals surface area contributed by atoms with Crippen molar-refractivity contribution >= 4 is 204 Å². The Morgan fingerprint density at radius 3 is 0.748 bits per heavy atom. The molecule has 0 aliphatic carbocycles. The Bertz CT molecular complexity index is 7270. The van der Waals surface area contributed by atoms with Crippen molar-refractivity contribution in [2.45, 2.75) is 39.0 Å². The normalized spacial score (nSPS) is 10.4. The predicted octanol–water partition coefficient (Wildman–Crippen LogP) is 28.2. The van der Waals surface area contributed by atoms with Crippen LogP contribution in [-0.2, 0) is 11.2 Å². The van der Waals surface area contributed by atoms with Gasteiger partial charge in [0.2, 0.25) is 89.2 Å². The van der Waals surface area contributed by atoms with Crippen molar-refractivity contribution in [2.24, 2.45) is 0 Å². The fourth-order valence-corrected chi connectivity index (χ4v) is 14.6. The molecule has 0 aliphatic rings. The summed E-state index contributed by atoms with van der Waals surface area (Å²) in [6.45, 7) is 8.31. The highest BCUT2D eigenvalue weighted by molar-refractivity contribution is 7.98. The summed E-state index contributed by atoms with van der Waals surface area (Å²) in [7, 11) is 0. The average molecular weight is 1980 g/mol. The number of hydrogen-bond acceptors (Lipinski definition) is 33. The molecule has 0 radical (unpaired) electrons. The van der Waals surface area contributed by atoms with Crippen LogP contribution in [0.15, 0.2) is 423 Å². The van der Waals surface area contributed by atoms with Crippen molar-refractivity contribution in [3.63, 3.8) is 0 Å². The summed E-state index contributed by atoms with van der Waals surface area (Å²) in [5, 5.41) is 48.9. The Morgan fingerprint density at radius 2 is 0.469 bits per heavy atom. The lowest BCUT2D eigenvalue weighted by Gasteiger charge is -2.13. The van der Waals surface area contributed by atoms with Gasteiger partial charge in [0.15, 0.2) is 0 Å². The second kappa shape index (κ2) is 52.6. The van der Waals surface area contributed by atoms with Crippen molar-refractivity contribution in [3.05, 3.63) is 446 Å². The number of para-hydroxylation sites is 13. The molecule has 0 fully saturated rings. The van der Waals surface area contributed by atoms with E-state index in [0.717, 1.165) is 90.8 Å². The SMILES string of the molecule is CCOC(=O)c1ccccc1Nc1nc(Nc2ccccc2)nc(Nc2ccccc2)n1.CCc1ccccc1Nc1nc(Nc2ccccc2)nc(Nc2ccccc2)n1.CSc1cccc(Nc2nc(Nc3ccccc3)nc(Nc3ccccc3)n2)c1.Cc1ccc(Nc2nc(Nc3ccccc3)nc(Nc3ccccc3)n2)c(C)c1.Clc1ccccc1Nc1nc(Nc2ccccc2)nc(Nc2ccccc2)n1. The van der Waals surface area contributed by atoms with Gasteiger partial charge in [-0.1, -0.05) is 267 Å². The number of rotatable bonds is 34. The van der Waals surface area contributed by atoms with Gasteiger partial charge in [0.25, 0.3) is 0 Å². The number of aromatic nitrogens is 15. The number of anilines is 30. The number of nitrogens with one attached hydrogen (secondary N) is 15. The molecule has 20 aromatic rings. The minimum atomic E-state index is -0.421. The zero-order valence-corrected chi connectivity index (χ0v) is 82.1. The molecule has 5 aromatic heterocycles. The van der Waals surface area contributed by atoms with Crippen molar-refractivity contribution < 1.29 is 9.53 Å². The average Bonchev–Trinajstić information content (AvgIpc) is 1.18. The van der Waals surface area contributed by atoms with Gasteiger partial charge in [0, 0.05) is 78.8 Å². The van der Waals surface area contributed by atoms with Crippen LogP contribution in [0.2, 0.25) is 5.02 Å². The van der Waals surface area contributed by atoms with E-state index < -0.39 is 5.97 Å². The fraction of sp³-hybridized carbons (Fsp3) is 0.0619. The molecule has 15 N–H and O–H groups in total. The number of aryl methyl sites for hydroxylation is 3. The van der Waals surface area contributed by atoms with Crippen LogP contribution < -0.4 is 79.8 Å². The lowest BCUT2D eigenvalue weighted by Crippen LogP contribution is -2.10. The highest BCUT2D eigenvalue weighted by Crippen LogP contribution is 2.33. The highest BCUT2D eigenvalue weighted by Gasteiger charge is 2.19. The van der Waals surface area contributed by atoms with Gasteiger partial charge in [-0.15, -0.1) is 11.8 Å². The molecule has 147 heavy (non-hydrogen) atoms. The van der Waals surface area contributed by atoms with Gasteiger partial charge in [-0.05, 0) is 220 Å². The monoisotopic (exact) mass is 1980 g/mol. The molecule has 730 valence electrons. The Morgan fingerprint density at radius 1 is 0.238 bits per heavy atom. The van der Waals surface area contributed by atoms with Crippen molar-refractivity contribution in [2.75, 3.05) is 92.6 Å². The molecule has 0 atom stereocenters. The van der Waals surface area contributed by atoms with Gasteiger partial charge in [-0.3, -0.25) is 0 Å². The summed E-state index contributed by atoms with van der Waals surface area (Å²) in [5.74, 6) is 5.86. The van der Waals surface area contributed by atoms with Crippen LogP contribution in [0.1, 0.15) is 40.9 Å². The first kappa shape index (κ1) is 100. The summed E-state index contributed by atoms with van der Waals surface area (Å²) < 4.78 is 5.15. The van der Waals surface area contributed by atoms with Crippen LogP contribution in [0.3, 0.4) is 0 Å². The molecule has 0 aliphatic heterocycles. The standard InChI is InChI=1S/C24H22N6O2.2C23H22N6.C22H20N6S.C21H17ClN6/c1-2-32-21(31)19-15-9-10-16-20(19)27-24-29-22(25-17-11-5-3-6-12-17)28-23(30-24)26-18-13-7-4-8-14-18;1-16-13-14-20(17(2)15-16)26-23-28-21(24-18-9-5-3-6-10-18)27-22(29-23)25-19-11-7-4-8-12-19;1-2-17-11-9-10-16-20(17)26-23-28-21(24-18-12-5-3-6-13-18)27-22(29-23)25-19-14-7-4-8-15-19;1-29-19-14-8-13-18(15-19)25-22-27-20(23-16-9-4-2-5-10-16)26-21(28-22)24-17-11-6-3-7-12-17;22-17-13-7-8-14-18(17)25-21-27-19(23-15-9-3-1-4-10-15)26-20(28-21)24-16-11-5-2-6-12-16/h3-16H,2H2,1H3,(H3,25,26,27,28,29,30);3-15H,1-2H3,(H3,24,25,26,27,28,29);3-16H,2H2,1H3,(H3,24,25,26,27,28,29);2-15H,1H3,(H3,23,24,25,26,27,28);1-14H,(H3,23,24,25,26,27,28). The summed E-state index contributed by atoms with van der Waals surface area (Å²) in [5.41, 5.74) is 16.9. The van der Waals surface area contributed by atoms with Crippen molar-refractivity contribution in [3.8, 4) is 0 Å². The molecule has 32 nitrogen and oxygen atoms in total. The van der Waals surface area contributed by atoms with Gasteiger partial charge < -0.3 is 84.5 Å². The first-order valence-electron chi connectivity index (χ1n) is 46.9. The van der Waals surface area contributed by atoms with E-state index in [9.17, 15) is 4.79 Å². The van der Waals surface area contributed by atoms with Crippen LogP contribution >= 0.6 is 23.4 Å². The van der Waals surface area contributed by atoms with Gasteiger partial charge >= 0.3 is 5.97 Å². The predicted molar refractivity (Wildman–Crippen MR) is 597 cm³/mol. The molecule has 20 rings (SSSR count). The van der Waals surface area contributed by atoms with E-state index in [1.54, 1.807) is 43.0 Å². The second-order valence-electron chi connectivity index (χ2n) is 31.9. The Labute approximate surface area is 860 Å². The van der Waals surface area contributed by atoms with E-state index in [2.05, 4.69) is 206 Å². The fourth-order valence-electron chi connectivity index (χ4n) is 14.0. The molecule has 0 spiro atoms. The summed E-state index contributed by atoms with van der Waals surface area (Å²) in [4.78, 5) is 81.1. The molecule has 0 unspecified atom stereocenters. The molecule has 0 amide bonds. The van der Waals surface area contributed by atoms with Crippen LogP contribution in [0.4, 0.5) is 175 Å². The smallest absolute Gasteiger partial charge is 0.340 e. The number of nitrogens with zero attached hydrogens (tertiary/aromatic N) is 15. The van der Waals surface area contributed by atoms with E-state index in [-0.39, 0.29) is 12.6 Å². The van der Waals surface area contributed by atoms with Gasteiger partial charge in [-0.2, -0.15) is 74.8 Å². The van der Waals surface area contributed by atoms with E-state index in [1.165, 1.54) is 11.1 Å². The number of benzene rings is 15. The van der Waals surface area contributed by atoms with E-state index in [1.807, 2.05) is 370 Å². The topological polar surface area (TPSA) is 400 Å². The third-order valence-electron chi connectivity index (χ3n) is 20.9. The van der Waals surface area contributed by atoms with Gasteiger partial charge in [0.05, 0.1) is 28.6 Å². The minimum absolute atomic E-state index is 0.272. The molecule has 0 bridgehead atoms. The number of esters is 1. The van der Waals surface area contributed by atoms with Crippen LogP contribution in [0.5, 0.6) is 0 Å². The Kier molecular flexibility index (Phi) is 36.0. The summed E-state index contributed by atoms with van der Waals surface area (Å²) in [6, 6.07) is 134. The number of hydrogen-bond donors (Lipinski definition) is 15. The zero-order chi connectivity index (χ0) is 101. The van der Waals surface area contributed by atoms with Crippen LogP contribution in [0.25, 0.3) is 0 Å². The second-order valence-corrected chi connectivity index (χ2v) is 33.2. The van der Waals surface area contributed by atoms with Crippen molar-refractivity contribution in [1.29, 1.82) is 0 Å². The summed E-state index contributed by atoms with van der Waals surface area (Å²) >= 11 is 7.93. The lowest BCUT2D eigenvalue weighted by molar-refractivity contribution is 0.0527. The maximum absolute atomic E-state index is 12.3. The molecule has 34 heteroatoms. The molecule has 15 aromatic carbocycles. The quantitative estimate of drug-likeness (QED) is 0.0132. The molecule has 0 saturated heterocycles. The molecular weight excluding hydrogens is 1880 g/mol. The Balaban J connectivity index is 0.000000131. The van der Waals surface area contributed by atoms with E-state index >= 15 is 0 Å². The first-order valence-corrected chi connectivity index (χ1v) is 48.5. The van der Waals surface area contributed by atoms with Gasteiger partial charge in [-0.25, -0.2) is 4.79 Å². The van der Waals surface area contributed by atoms with Gasteiger partial charge in [0.1, 0.15) is 0 Å². The lowest BCUT2D eigenvalue weighted by atomic mass is 10.1. The maximum Gasteiger partial charge on any atom is 0.340 e. The third-order valence-corrected chi connectivity index (χ3v) is 21.9. The first-order chi connectivity index (χ1) is 72.2. The summed E-state index contributed by atoms with van der Waals surface area (Å²) in [6.07, 6.45) is 2.96. The highest BCUT2D eigenvalue weighted by atomic mass is 35.5. The number of carbonyl (C=O) groups excluding carboxylic acids is 1. The van der Waals surface area contributed by atoms with Crippen LogP contribution in [0, 0.1) is 13.8 Å². The Hall–Kier alpha value is -19.5. The maximum atomic E-state index is 12.3. The third kappa shape index (κ3) is 32.0. The van der Waals surface area contributed by atoms with Crippen molar-refractivity contribution in [1.82, 2.24) is 74.8 Å². The zero-order valence-electron chi connectivity index (χ0n) is 80.6. The molecule has 0 saturated carbocycles. The van der Waals surface area contributed by atoms with E-state index in [4.69, 9.17) is 16.3 Å². The minimum Gasteiger partial charge on any atom is -0.462 e. The molecule has 5 heterocycles. The van der Waals surface area contributed by atoms with E-state index in [0.29, 0.717) is 105 Å². The van der Waals surface area contributed by atoms with Crippen LogP contribution in [-0.4, -0.2) is 93.6 Å². The number of halogens is 1.